The normalized spacial score (nSPS) is 13.4. The molecule has 1 atom stereocenters. The lowest BCUT2D eigenvalue weighted by Gasteiger charge is -2.04. The summed E-state index contributed by atoms with van der Waals surface area (Å²) in [7, 11) is 0. The maximum absolute atomic E-state index is 10.5. The third-order valence-electron chi connectivity index (χ3n) is 4.40. The maximum atomic E-state index is 10.5. The summed E-state index contributed by atoms with van der Waals surface area (Å²) in [5.41, 5.74) is 1.26. The number of para-hydroxylation sites is 2. The Morgan fingerprint density at radius 1 is 1.13 bits per heavy atom. The fraction of sp³-hybridized carbons (Fsp3) is 0.350. The Labute approximate surface area is 173 Å². The van der Waals surface area contributed by atoms with Crippen molar-refractivity contribution in [3.05, 3.63) is 60.5 Å². The number of azo groups is 1. The monoisotopic (exact) mass is 412 g/mol. The van der Waals surface area contributed by atoms with Crippen molar-refractivity contribution in [2.24, 2.45) is 26.3 Å². The van der Waals surface area contributed by atoms with E-state index in [0.717, 1.165) is 4.73 Å². The molecule has 0 aliphatic carbocycles. The first-order valence-corrected chi connectivity index (χ1v) is 9.64. The van der Waals surface area contributed by atoms with Crippen LogP contribution in [0.2, 0.25) is 0 Å². The van der Waals surface area contributed by atoms with Crippen LogP contribution in [0.4, 0.5) is 0 Å². The van der Waals surface area contributed by atoms with Crippen molar-refractivity contribution in [1.82, 2.24) is 9.30 Å². The minimum Gasteiger partial charge on any atom is -0.395 e. The minimum atomic E-state index is -0.992. The predicted molar refractivity (Wildman–Crippen MR) is 110 cm³/mol. The van der Waals surface area contributed by atoms with E-state index in [1.54, 1.807) is 30.3 Å². The average Bonchev–Trinajstić information content (AvgIpc) is 3.08. The molecule has 30 heavy (non-hydrogen) atoms. The molecule has 2 heterocycles. The zero-order valence-electron chi connectivity index (χ0n) is 16.9. The summed E-state index contributed by atoms with van der Waals surface area (Å²) < 4.78 is 4.32. The topological polar surface area (TPSA) is 124 Å². The summed E-state index contributed by atoms with van der Waals surface area (Å²) in [4.78, 5) is 0. The number of benzene rings is 1. The number of amidine groups is 1. The second-order valence-electron chi connectivity index (χ2n) is 6.99. The molecule has 3 N–H and O–H groups in total. The van der Waals surface area contributed by atoms with Gasteiger partial charge in [-0.3, -0.25) is 0 Å². The highest BCUT2D eigenvalue weighted by atomic mass is 16.5. The van der Waals surface area contributed by atoms with Crippen molar-refractivity contribution < 1.29 is 20.0 Å². The Hall–Kier alpha value is -3.37. The molecule has 158 valence electrons. The van der Waals surface area contributed by atoms with Crippen LogP contribution in [0.3, 0.4) is 0 Å². The van der Waals surface area contributed by atoms with Gasteiger partial charge in [-0.15, -0.1) is 15.3 Å². The number of rotatable bonds is 7. The van der Waals surface area contributed by atoms with Crippen LogP contribution >= 0.6 is 0 Å². The molecule has 10 heteroatoms. The Morgan fingerprint density at radius 2 is 1.87 bits per heavy atom. The van der Waals surface area contributed by atoms with Gasteiger partial charge in [-0.05, 0) is 29.0 Å². The summed E-state index contributed by atoms with van der Waals surface area (Å²) in [6, 6.07) is 10.8. The van der Waals surface area contributed by atoms with Crippen LogP contribution in [0.5, 0.6) is 0 Å². The van der Waals surface area contributed by atoms with Gasteiger partial charge >= 0.3 is 0 Å². The highest BCUT2D eigenvalue weighted by Gasteiger charge is 2.20. The summed E-state index contributed by atoms with van der Waals surface area (Å²) in [5.74, 6) is 0.425. The van der Waals surface area contributed by atoms with E-state index in [4.69, 9.17) is 5.11 Å². The van der Waals surface area contributed by atoms with Gasteiger partial charge in [-0.2, -0.15) is 9.68 Å². The first-order chi connectivity index (χ1) is 14.5. The molecule has 0 aliphatic heterocycles. The molecule has 1 aromatic carbocycles. The molecule has 3 aromatic rings. The molecule has 1 unspecified atom stereocenters. The van der Waals surface area contributed by atoms with Crippen LogP contribution in [-0.4, -0.2) is 43.7 Å². The van der Waals surface area contributed by atoms with Gasteiger partial charge in [0.2, 0.25) is 11.7 Å². The molecule has 0 aliphatic rings. The molecule has 3 rings (SSSR count). The van der Waals surface area contributed by atoms with Gasteiger partial charge in [0.15, 0.2) is 11.4 Å². The van der Waals surface area contributed by atoms with E-state index in [0.29, 0.717) is 28.8 Å². The van der Waals surface area contributed by atoms with E-state index in [2.05, 4.69) is 20.4 Å². The third-order valence-corrected chi connectivity index (χ3v) is 4.40. The lowest BCUT2D eigenvalue weighted by atomic mass is 10.2. The Bertz CT molecular complexity index is 1090. The van der Waals surface area contributed by atoms with Gasteiger partial charge in [0, 0.05) is 24.9 Å². The summed E-state index contributed by atoms with van der Waals surface area (Å²) in [6.45, 7) is 4.44. The van der Waals surface area contributed by atoms with Crippen LogP contribution in [0.25, 0.3) is 11.0 Å². The van der Waals surface area contributed by atoms with Crippen LogP contribution < -0.4 is 9.92 Å². The van der Waals surface area contributed by atoms with E-state index >= 15 is 0 Å². The van der Waals surface area contributed by atoms with Crippen molar-refractivity contribution >= 4 is 16.9 Å². The van der Waals surface area contributed by atoms with Crippen LogP contribution in [0.1, 0.15) is 20.1 Å². The first-order valence-electron chi connectivity index (χ1n) is 9.64. The predicted octanol–water partition coefficient (Wildman–Crippen LogP) is 1.47. The molecule has 0 saturated heterocycles. The third kappa shape index (κ3) is 5.16. The van der Waals surface area contributed by atoms with Gasteiger partial charge < -0.3 is 20.0 Å². The number of pyridine rings is 1. The van der Waals surface area contributed by atoms with Gasteiger partial charge in [0.05, 0.1) is 12.0 Å². The average molecular weight is 412 g/mol. The molecule has 0 spiro atoms. The molecule has 10 nitrogen and oxygen atoms in total. The van der Waals surface area contributed by atoms with Crippen molar-refractivity contribution in [3.8, 4) is 0 Å². The maximum Gasteiger partial charge on any atom is 0.287 e. The molecule has 0 saturated carbocycles. The van der Waals surface area contributed by atoms with Gasteiger partial charge in [0.1, 0.15) is 6.54 Å². The Kier molecular flexibility index (Phi) is 7.04. The summed E-state index contributed by atoms with van der Waals surface area (Å²) in [6.07, 6.45) is 4.03. The Balaban J connectivity index is 1.73. The van der Waals surface area contributed by atoms with Gasteiger partial charge in [0.25, 0.3) is 6.33 Å². The van der Waals surface area contributed by atoms with Gasteiger partial charge in [-0.1, -0.05) is 26.0 Å². The lowest BCUT2D eigenvalue weighted by molar-refractivity contribution is -0.735. The van der Waals surface area contributed by atoms with Crippen molar-refractivity contribution in [3.63, 3.8) is 0 Å². The first kappa shape index (κ1) is 21.3. The quantitative estimate of drug-likeness (QED) is 0.136. The summed E-state index contributed by atoms with van der Waals surface area (Å²) >= 11 is 0. The highest BCUT2D eigenvalue weighted by Crippen LogP contribution is 2.11. The number of aliphatic hydroxyl groups is 2. The molecular weight excluding hydrogens is 386 g/mol. The number of nitrogens with zero attached hydrogens (tertiary/aromatic N) is 7. The molecule has 0 fully saturated rings. The number of aliphatic hydroxyl groups excluding tert-OH is 2. The number of fused-ring (bicyclic) bond motifs is 1. The number of aromatic nitrogens is 3. The SMILES string of the molecule is CC(C)C(N=NCC(O)[n+]1cn(O)c2ccccc21)=NN=c1ccn(CCO)cc1. The lowest BCUT2D eigenvalue weighted by Crippen LogP contribution is -2.40. The molecule has 0 radical (unpaired) electrons. The van der Waals surface area contributed by atoms with Gasteiger partial charge in [-0.25, -0.2) is 0 Å². The zero-order chi connectivity index (χ0) is 21.5. The highest BCUT2D eigenvalue weighted by molar-refractivity contribution is 5.84. The van der Waals surface area contributed by atoms with E-state index < -0.39 is 6.23 Å². The fourth-order valence-corrected chi connectivity index (χ4v) is 2.77. The fourth-order valence-electron chi connectivity index (χ4n) is 2.77. The van der Waals surface area contributed by atoms with E-state index in [9.17, 15) is 10.3 Å². The van der Waals surface area contributed by atoms with Crippen molar-refractivity contribution in [2.75, 3.05) is 13.2 Å². The molecule has 0 amide bonds. The summed E-state index contributed by atoms with van der Waals surface area (Å²) in [5, 5.41) is 46.6. The largest absolute Gasteiger partial charge is 0.395 e. The van der Waals surface area contributed by atoms with Crippen molar-refractivity contribution in [2.45, 2.75) is 26.6 Å². The van der Waals surface area contributed by atoms with E-state index in [1.807, 2.05) is 36.9 Å². The van der Waals surface area contributed by atoms with Crippen molar-refractivity contribution in [1.29, 1.82) is 0 Å². The van der Waals surface area contributed by atoms with Crippen LogP contribution in [0.15, 0.2) is 75.6 Å². The van der Waals surface area contributed by atoms with E-state index in [-0.39, 0.29) is 19.1 Å². The van der Waals surface area contributed by atoms with Crippen LogP contribution in [-0.2, 0) is 6.54 Å². The second kappa shape index (κ2) is 9.90. The Morgan fingerprint density at radius 3 is 2.57 bits per heavy atom. The molecule has 0 bridgehead atoms. The molecular formula is C20H26N7O3+. The smallest absolute Gasteiger partial charge is 0.287 e. The number of hydrogen-bond acceptors (Lipinski definition) is 6. The number of imidazole rings is 1. The standard InChI is InChI=1S/C20H26N7O3/c1-15(2)20(24-22-16-7-9-25(10-8-16)11-12-28)23-21-13-19(29)26-14-27(30)18-6-4-3-5-17(18)26/h3-10,14-15,19,28-30H,11-13H2,1-2H3/q+1. The van der Waals surface area contributed by atoms with E-state index in [1.165, 1.54) is 10.9 Å². The second-order valence-corrected chi connectivity index (χ2v) is 6.99. The molecule has 2 aromatic heterocycles. The minimum absolute atomic E-state index is 0.00306. The van der Waals surface area contributed by atoms with Crippen LogP contribution in [0, 0.1) is 5.92 Å². The zero-order valence-corrected chi connectivity index (χ0v) is 16.9. The number of hydrogen-bond donors (Lipinski definition) is 3.